The molecule has 0 saturated carbocycles. The maximum Gasteiger partial charge on any atom is 0.174 e. The minimum atomic E-state index is -0.453. The van der Waals surface area contributed by atoms with Gasteiger partial charge in [-0.15, -0.1) is 0 Å². The van der Waals surface area contributed by atoms with Crippen molar-refractivity contribution in [1.82, 2.24) is 0 Å². The van der Waals surface area contributed by atoms with Gasteiger partial charge < -0.3 is 4.74 Å². The zero-order chi connectivity index (χ0) is 42.0. The van der Waals surface area contributed by atoms with Gasteiger partial charge in [-0.25, -0.2) is 4.39 Å². The van der Waals surface area contributed by atoms with Crippen molar-refractivity contribution < 1.29 is 28.3 Å². The van der Waals surface area contributed by atoms with Crippen LogP contribution >= 0.6 is 11.6 Å². The van der Waals surface area contributed by atoms with Crippen LogP contribution in [0.2, 0.25) is 5.02 Å². The van der Waals surface area contributed by atoms with Gasteiger partial charge in [-0.05, 0) is 121 Å². The smallest absolute Gasteiger partial charge is 0.174 e. The Morgan fingerprint density at radius 3 is 1.79 bits per heavy atom. The monoisotopic (exact) mass is 786 g/mol. The summed E-state index contributed by atoms with van der Waals surface area (Å²) in [6.07, 6.45) is 1.15. The van der Waals surface area contributed by atoms with E-state index in [1.807, 2.05) is 68.4 Å². The van der Waals surface area contributed by atoms with Crippen LogP contribution in [0, 0.1) is 5.82 Å². The Kier molecular flexibility index (Phi) is 15.6. The molecule has 0 aromatic heterocycles. The normalized spacial score (nSPS) is 14.5. The molecule has 4 atom stereocenters. The largest absolute Gasteiger partial charge is 0.497 e. The van der Waals surface area contributed by atoms with Gasteiger partial charge in [0.15, 0.2) is 11.6 Å². The standard InChI is InChI=1S/C20H17ClO3.C16H15FO.C14H20O/c1-11-18(12(2)22)17-10-15(24-3)8-9-16(17)19(11)20(23)13-4-6-14(21)7-5-13;1-11(12(2)18)14-8-9-15(16(17)10-14)13-6-4-3-5-7-13;1-5-10(2)13-6-8-14(9-7-13)11(3)12(4)15/h4-10,19H,1-3H3;3-11H,1-2H3;6-11H,5H2,1-4H3. The maximum absolute atomic E-state index is 14.0. The predicted octanol–water partition coefficient (Wildman–Crippen LogP) is 12.8. The van der Waals surface area contributed by atoms with Crippen LogP contribution in [0.1, 0.15) is 124 Å². The average molecular weight is 787 g/mol. The Hall–Kier alpha value is -5.46. The zero-order valence-electron chi connectivity index (χ0n) is 34.3. The molecule has 296 valence electrons. The molecule has 0 aliphatic heterocycles. The van der Waals surface area contributed by atoms with E-state index in [1.54, 1.807) is 51.3 Å². The molecule has 0 radical (unpaired) electrons. The number of methoxy groups -OCH3 is 1. The summed E-state index contributed by atoms with van der Waals surface area (Å²) in [6.45, 7) is 14.7. The summed E-state index contributed by atoms with van der Waals surface area (Å²) in [5.41, 5.74) is 8.21. The lowest BCUT2D eigenvalue weighted by atomic mass is 9.88. The van der Waals surface area contributed by atoms with Gasteiger partial charge in [0.1, 0.15) is 23.1 Å². The second-order valence-electron chi connectivity index (χ2n) is 14.6. The minimum absolute atomic E-state index is 0.0241. The fourth-order valence-corrected chi connectivity index (χ4v) is 6.90. The first-order valence-corrected chi connectivity index (χ1v) is 19.6. The van der Waals surface area contributed by atoms with Crippen LogP contribution in [0.5, 0.6) is 5.75 Å². The zero-order valence-corrected chi connectivity index (χ0v) is 35.0. The van der Waals surface area contributed by atoms with Gasteiger partial charge in [0.05, 0.1) is 13.0 Å². The lowest BCUT2D eigenvalue weighted by Crippen LogP contribution is -2.12. The highest BCUT2D eigenvalue weighted by molar-refractivity contribution is 6.30. The summed E-state index contributed by atoms with van der Waals surface area (Å²) in [5, 5.41) is 0.583. The van der Waals surface area contributed by atoms with Crippen molar-refractivity contribution in [3.63, 3.8) is 0 Å². The topological polar surface area (TPSA) is 77.5 Å². The summed E-state index contributed by atoms with van der Waals surface area (Å²) in [5.74, 6) is 0.484. The van der Waals surface area contributed by atoms with Gasteiger partial charge in [-0.1, -0.05) is 112 Å². The number of carbonyl (C=O) groups is 4. The van der Waals surface area contributed by atoms with E-state index in [9.17, 15) is 23.6 Å². The van der Waals surface area contributed by atoms with Gasteiger partial charge in [0.25, 0.3) is 0 Å². The lowest BCUT2D eigenvalue weighted by Gasteiger charge is -2.14. The number of hydrogen-bond acceptors (Lipinski definition) is 5. The number of hydrogen-bond donors (Lipinski definition) is 0. The number of Topliss-reactive ketones (excluding diaryl/α,β-unsaturated/α-hetero) is 4. The maximum atomic E-state index is 14.0. The number of fused-ring (bicyclic) bond motifs is 1. The van der Waals surface area contributed by atoms with Gasteiger partial charge in [0, 0.05) is 33.6 Å². The highest BCUT2D eigenvalue weighted by Gasteiger charge is 2.36. The van der Waals surface area contributed by atoms with Crippen LogP contribution in [-0.2, 0) is 14.4 Å². The number of ether oxygens (including phenoxy) is 1. The van der Waals surface area contributed by atoms with Gasteiger partial charge in [-0.2, -0.15) is 0 Å². The van der Waals surface area contributed by atoms with E-state index >= 15 is 0 Å². The third-order valence-electron chi connectivity index (χ3n) is 10.8. The molecule has 0 amide bonds. The molecule has 57 heavy (non-hydrogen) atoms. The molecule has 5 aromatic carbocycles. The second-order valence-corrected chi connectivity index (χ2v) is 15.1. The van der Waals surface area contributed by atoms with Crippen molar-refractivity contribution in [3.05, 3.63) is 165 Å². The number of halogens is 2. The van der Waals surface area contributed by atoms with E-state index in [-0.39, 0.29) is 40.8 Å². The molecule has 1 aliphatic rings. The molecule has 6 rings (SSSR count). The summed E-state index contributed by atoms with van der Waals surface area (Å²) in [7, 11) is 1.58. The molecule has 4 unspecified atom stereocenters. The molecule has 0 N–H and O–H groups in total. The number of carbonyl (C=O) groups excluding carboxylic acids is 4. The Labute approximate surface area is 342 Å². The molecule has 7 heteroatoms. The number of rotatable bonds is 11. The van der Waals surface area contributed by atoms with Crippen molar-refractivity contribution in [1.29, 1.82) is 0 Å². The highest BCUT2D eigenvalue weighted by Crippen LogP contribution is 2.45. The lowest BCUT2D eigenvalue weighted by molar-refractivity contribution is -0.118. The Balaban J connectivity index is 0.000000196. The molecule has 0 heterocycles. The number of benzene rings is 5. The van der Waals surface area contributed by atoms with Crippen molar-refractivity contribution >= 4 is 40.3 Å². The third kappa shape index (κ3) is 10.9. The molecule has 5 nitrogen and oxygen atoms in total. The average Bonchev–Trinajstić information content (AvgIpc) is 3.51. The summed E-state index contributed by atoms with van der Waals surface area (Å²) in [6, 6.07) is 35.2. The Morgan fingerprint density at radius 1 is 0.702 bits per heavy atom. The summed E-state index contributed by atoms with van der Waals surface area (Å²) in [4.78, 5) is 47.7. The van der Waals surface area contributed by atoms with E-state index in [2.05, 4.69) is 38.1 Å². The third-order valence-corrected chi connectivity index (χ3v) is 11.1. The van der Waals surface area contributed by atoms with E-state index in [0.717, 1.165) is 39.8 Å². The van der Waals surface area contributed by atoms with Crippen LogP contribution in [0.4, 0.5) is 4.39 Å². The molecule has 0 saturated heterocycles. The van der Waals surface area contributed by atoms with Crippen molar-refractivity contribution in [2.75, 3.05) is 7.11 Å². The van der Waals surface area contributed by atoms with E-state index in [0.29, 0.717) is 33.4 Å². The number of allylic oxidation sites excluding steroid dienone is 2. The minimum Gasteiger partial charge on any atom is -0.497 e. The van der Waals surface area contributed by atoms with E-state index in [1.165, 1.54) is 25.5 Å². The Morgan fingerprint density at radius 2 is 1.26 bits per heavy atom. The molecule has 0 bridgehead atoms. The van der Waals surface area contributed by atoms with Crippen molar-refractivity contribution in [2.24, 2.45) is 0 Å². The van der Waals surface area contributed by atoms with Crippen LogP contribution in [0.15, 0.2) is 121 Å². The molecule has 0 fully saturated rings. The summed E-state index contributed by atoms with van der Waals surface area (Å²) < 4.78 is 19.3. The van der Waals surface area contributed by atoms with Crippen LogP contribution in [0.25, 0.3) is 16.7 Å². The summed E-state index contributed by atoms with van der Waals surface area (Å²) >= 11 is 5.90. The SMILES string of the molecule is CC(=O)C(C)c1ccc(-c2ccccc2)c(F)c1.CCC(C)c1ccc(C(C)C(C)=O)cc1.COc1ccc2c(c1)C(C(C)=O)=C(C)C2C(=O)c1ccc(Cl)cc1. The van der Waals surface area contributed by atoms with Crippen molar-refractivity contribution in [3.8, 4) is 16.9 Å². The first-order valence-electron chi connectivity index (χ1n) is 19.2. The van der Waals surface area contributed by atoms with E-state index < -0.39 is 5.92 Å². The molecule has 0 spiro atoms. The fourth-order valence-electron chi connectivity index (χ4n) is 6.78. The molecular formula is C50H52ClFO5. The van der Waals surface area contributed by atoms with Crippen molar-refractivity contribution in [2.45, 2.75) is 85.5 Å². The molecule has 5 aromatic rings. The highest BCUT2D eigenvalue weighted by atomic mass is 35.5. The fraction of sp³-hybridized carbons (Fsp3) is 0.280. The van der Waals surface area contributed by atoms with Gasteiger partial charge in [-0.3, -0.25) is 19.2 Å². The van der Waals surface area contributed by atoms with Crippen LogP contribution in [0.3, 0.4) is 0 Å². The van der Waals surface area contributed by atoms with E-state index in [4.69, 9.17) is 16.3 Å². The van der Waals surface area contributed by atoms with Gasteiger partial charge >= 0.3 is 0 Å². The quantitative estimate of drug-likeness (QED) is 0.125. The first kappa shape index (κ1) is 44.3. The Bertz CT molecular complexity index is 2240. The van der Waals surface area contributed by atoms with Crippen LogP contribution < -0.4 is 4.74 Å². The molecule has 1 aliphatic carbocycles. The predicted molar refractivity (Wildman–Crippen MR) is 230 cm³/mol. The van der Waals surface area contributed by atoms with Gasteiger partial charge in [0.2, 0.25) is 0 Å². The molecular weight excluding hydrogens is 735 g/mol. The first-order chi connectivity index (χ1) is 27.1. The van der Waals surface area contributed by atoms with Crippen LogP contribution in [-0.4, -0.2) is 30.2 Å². The second kappa shape index (κ2) is 20.1. The number of ketones is 4.